The number of nitrogens with one attached hydrogen (secondary N) is 1. The van der Waals surface area contributed by atoms with Crippen molar-refractivity contribution in [1.29, 1.82) is 0 Å². The number of ether oxygens (including phenoxy) is 1. The van der Waals surface area contributed by atoms with Crippen molar-refractivity contribution in [3.63, 3.8) is 0 Å². The highest BCUT2D eigenvalue weighted by atomic mass is 32.2. The summed E-state index contributed by atoms with van der Waals surface area (Å²) in [4.78, 5) is 13.8. The molecule has 0 bridgehead atoms. The van der Waals surface area contributed by atoms with E-state index in [0.717, 1.165) is 11.1 Å². The number of amides is 2. The summed E-state index contributed by atoms with van der Waals surface area (Å²) in [5.41, 5.74) is 2.09. The predicted molar refractivity (Wildman–Crippen MR) is 87.4 cm³/mol. The van der Waals surface area contributed by atoms with Crippen LogP contribution in [0.3, 0.4) is 0 Å². The van der Waals surface area contributed by atoms with Gasteiger partial charge in [0.15, 0.2) is 0 Å². The van der Waals surface area contributed by atoms with Crippen LogP contribution in [0.2, 0.25) is 0 Å². The third-order valence-electron chi connectivity index (χ3n) is 3.77. The first-order valence-corrected chi connectivity index (χ1v) is 9.29. The van der Waals surface area contributed by atoms with Crippen molar-refractivity contribution >= 4 is 16.1 Å². The van der Waals surface area contributed by atoms with Crippen LogP contribution in [0.1, 0.15) is 11.1 Å². The second-order valence-corrected chi connectivity index (χ2v) is 7.54. The number of benzene rings is 1. The van der Waals surface area contributed by atoms with Crippen LogP contribution in [-0.2, 0) is 27.9 Å². The fourth-order valence-corrected chi connectivity index (χ4v) is 3.26. The smallest absolute Gasteiger partial charge is 0.317 e. The number of rotatable bonds is 5. The number of carbonyl (C=O) groups is 1. The molecule has 0 saturated carbocycles. The zero-order valence-electron chi connectivity index (χ0n) is 13.5. The number of carbonyl (C=O) groups excluding carboxylic acids is 1. The minimum absolute atomic E-state index is 0.167. The van der Waals surface area contributed by atoms with E-state index in [0.29, 0.717) is 39.3 Å². The Labute approximate surface area is 137 Å². The molecule has 0 aliphatic carbocycles. The monoisotopic (exact) mass is 341 g/mol. The first kappa shape index (κ1) is 17.7. The molecule has 23 heavy (non-hydrogen) atoms. The minimum Gasteiger partial charge on any atom is -0.380 e. The van der Waals surface area contributed by atoms with Gasteiger partial charge < -0.3 is 15.0 Å². The Morgan fingerprint density at radius 3 is 2.22 bits per heavy atom. The van der Waals surface area contributed by atoms with Gasteiger partial charge in [-0.2, -0.15) is 4.31 Å². The lowest BCUT2D eigenvalue weighted by atomic mass is 10.1. The molecule has 1 aliphatic rings. The Bertz CT molecular complexity index is 623. The van der Waals surface area contributed by atoms with Crippen molar-refractivity contribution in [3.05, 3.63) is 35.4 Å². The average Bonchev–Trinajstić information content (AvgIpc) is 2.53. The highest BCUT2D eigenvalue weighted by molar-refractivity contribution is 7.88. The third-order valence-corrected chi connectivity index (χ3v) is 5.08. The molecular weight excluding hydrogens is 318 g/mol. The maximum atomic E-state index is 12.1. The standard InChI is InChI=1S/C15H23N3O4S/c1-22-12-14-5-3-13(4-6-14)11-16-15(19)17-7-9-18(10-8-17)23(2,20)21/h3-6H,7-12H2,1-2H3,(H,16,19). The molecule has 2 rings (SSSR count). The number of urea groups is 1. The Kier molecular flexibility index (Phi) is 5.97. The number of hydrogen-bond donors (Lipinski definition) is 1. The van der Waals surface area contributed by atoms with E-state index >= 15 is 0 Å². The normalized spacial score (nSPS) is 16.3. The molecule has 1 heterocycles. The van der Waals surface area contributed by atoms with E-state index < -0.39 is 10.0 Å². The molecule has 1 aromatic carbocycles. The molecule has 0 radical (unpaired) electrons. The van der Waals surface area contributed by atoms with E-state index in [9.17, 15) is 13.2 Å². The van der Waals surface area contributed by atoms with Crippen molar-refractivity contribution in [3.8, 4) is 0 Å². The van der Waals surface area contributed by atoms with Crippen molar-refractivity contribution in [2.45, 2.75) is 13.2 Å². The summed E-state index contributed by atoms with van der Waals surface area (Å²) < 4.78 is 29.3. The fourth-order valence-electron chi connectivity index (χ4n) is 2.43. The molecule has 0 aromatic heterocycles. The summed E-state index contributed by atoms with van der Waals surface area (Å²) in [5.74, 6) is 0. The molecule has 0 unspecified atom stereocenters. The van der Waals surface area contributed by atoms with Crippen molar-refractivity contribution in [2.75, 3.05) is 39.5 Å². The summed E-state index contributed by atoms with van der Waals surface area (Å²) in [6.45, 7) is 2.52. The second kappa shape index (κ2) is 7.76. The summed E-state index contributed by atoms with van der Waals surface area (Å²) in [7, 11) is -1.52. The van der Waals surface area contributed by atoms with E-state index in [4.69, 9.17) is 4.74 Å². The van der Waals surface area contributed by atoms with E-state index in [1.54, 1.807) is 12.0 Å². The molecule has 128 valence electrons. The van der Waals surface area contributed by atoms with Crippen LogP contribution in [0, 0.1) is 0 Å². The highest BCUT2D eigenvalue weighted by Gasteiger charge is 2.25. The molecule has 0 atom stereocenters. The zero-order valence-corrected chi connectivity index (χ0v) is 14.3. The Morgan fingerprint density at radius 1 is 1.13 bits per heavy atom. The first-order valence-electron chi connectivity index (χ1n) is 7.45. The maximum Gasteiger partial charge on any atom is 0.317 e. The van der Waals surface area contributed by atoms with E-state index in [-0.39, 0.29) is 6.03 Å². The number of sulfonamides is 1. The van der Waals surface area contributed by atoms with Crippen LogP contribution < -0.4 is 5.32 Å². The molecule has 1 N–H and O–H groups in total. The topological polar surface area (TPSA) is 79.0 Å². The largest absolute Gasteiger partial charge is 0.380 e. The van der Waals surface area contributed by atoms with Gasteiger partial charge in [-0.05, 0) is 11.1 Å². The SMILES string of the molecule is COCc1ccc(CNC(=O)N2CCN(S(C)(=O)=O)CC2)cc1. The number of piperazine rings is 1. The molecular formula is C15H23N3O4S. The van der Waals surface area contributed by atoms with Gasteiger partial charge in [-0.3, -0.25) is 0 Å². The van der Waals surface area contributed by atoms with Crippen LogP contribution in [0.25, 0.3) is 0 Å². The van der Waals surface area contributed by atoms with Crippen LogP contribution in [0.5, 0.6) is 0 Å². The first-order chi connectivity index (χ1) is 10.9. The summed E-state index contributed by atoms with van der Waals surface area (Å²) in [6, 6.07) is 7.68. The molecule has 1 fully saturated rings. The van der Waals surface area contributed by atoms with E-state index in [1.165, 1.54) is 10.6 Å². The summed E-state index contributed by atoms with van der Waals surface area (Å²) in [5, 5.41) is 2.86. The molecule has 1 aliphatic heterocycles. The maximum absolute atomic E-state index is 12.1. The Balaban J connectivity index is 1.79. The van der Waals surface area contributed by atoms with Crippen LogP contribution in [0.4, 0.5) is 4.79 Å². The highest BCUT2D eigenvalue weighted by Crippen LogP contribution is 2.08. The van der Waals surface area contributed by atoms with Gasteiger partial charge in [-0.1, -0.05) is 24.3 Å². The molecule has 1 saturated heterocycles. The second-order valence-electron chi connectivity index (χ2n) is 5.56. The average molecular weight is 341 g/mol. The van der Waals surface area contributed by atoms with Gasteiger partial charge in [-0.25, -0.2) is 13.2 Å². The van der Waals surface area contributed by atoms with Crippen molar-refractivity contribution < 1.29 is 17.9 Å². The Morgan fingerprint density at radius 2 is 1.70 bits per heavy atom. The Hall–Kier alpha value is -1.64. The molecule has 0 spiro atoms. The third kappa shape index (κ3) is 5.19. The lowest BCUT2D eigenvalue weighted by Gasteiger charge is -2.33. The number of hydrogen-bond acceptors (Lipinski definition) is 4. The minimum atomic E-state index is -3.17. The van der Waals surface area contributed by atoms with Gasteiger partial charge in [0.25, 0.3) is 0 Å². The summed E-state index contributed by atoms with van der Waals surface area (Å²) in [6.07, 6.45) is 1.19. The van der Waals surface area contributed by atoms with Crippen molar-refractivity contribution in [1.82, 2.24) is 14.5 Å². The molecule has 1 aromatic rings. The van der Waals surface area contributed by atoms with Gasteiger partial charge in [0, 0.05) is 39.8 Å². The lowest BCUT2D eigenvalue weighted by Crippen LogP contribution is -2.52. The van der Waals surface area contributed by atoms with E-state index in [2.05, 4.69) is 5.32 Å². The van der Waals surface area contributed by atoms with Gasteiger partial charge in [0.1, 0.15) is 0 Å². The predicted octanol–water partition coefficient (Wildman–Crippen LogP) is 0.620. The van der Waals surface area contributed by atoms with Crippen LogP contribution >= 0.6 is 0 Å². The van der Waals surface area contributed by atoms with Crippen LogP contribution in [0.15, 0.2) is 24.3 Å². The van der Waals surface area contributed by atoms with E-state index in [1.807, 2.05) is 24.3 Å². The van der Waals surface area contributed by atoms with Gasteiger partial charge in [-0.15, -0.1) is 0 Å². The zero-order chi connectivity index (χ0) is 16.9. The van der Waals surface area contributed by atoms with Gasteiger partial charge in [0.2, 0.25) is 10.0 Å². The van der Waals surface area contributed by atoms with Gasteiger partial charge in [0.05, 0.1) is 12.9 Å². The quantitative estimate of drug-likeness (QED) is 0.851. The number of nitrogens with zero attached hydrogens (tertiary/aromatic N) is 2. The lowest BCUT2D eigenvalue weighted by molar-refractivity contribution is 0.172. The molecule has 8 heteroatoms. The number of methoxy groups -OCH3 is 1. The van der Waals surface area contributed by atoms with Crippen LogP contribution in [-0.4, -0.2) is 63.2 Å². The van der Waals surface area contributed by atoms with Gasteiger partial charge >= 0.3 is 6.03 Å². The summed E-state index contributed by atoms with van der Waals surface area (Å²) >= 11 is 0. The molecule has 2 amide bonds. The van der Waals surface area contributed by atoms with Crippen molar-refractivity contribution in [2.24, 2.45) is 0 Å². The fraction of sp³-hybridized carbons (Fsp3) is 0.533. The molecule has 7 nitrogen and oxygen atoms in total.